The van der Waals surface area contributed by atoms with Crippen LogP contribution in [0.15, 0.2) is 14.1 Å². The van der Waals surface area contributed by atoms with Gasteiger partial charge in [-0.1, -0.05) is 6.92 Å². The van der Waals surface area contributed by atoms with Gasteiger partial charge >= 0.3 is 5.69 Å². The molecule has 1 heterocycles. The zero-order valence-electron chi connectivity index (χ0n) is 10.9. The van der Waals surface area contributed by atoms with Gasteiger partial charge in [-0.25, -0.2) is 4.79 Å². The van der Waals surface area contributed by atoms with Crippen molar-refractivity contribution < 1.29 is 4.11 Å². The van der Waals surface area contributed by atoms with Crippen LogP contribution in [0.4, 0.5) is 0 Å². The van der Waals surface area contributed by atoms with Crippen LogP contribution in [0.3, 0.4) is 0 Å². The molecule has 0 fully saturated rings. The third-order valence-electron chi connectivity index (χ3n) is 1.95. The average molecular weight is 264 g/mol. The number of H-pyrrole nitrogens is 1. The van der Waals surface area contributed by atoms with E-state index in [2.05, 4.69) is 20.9 Å². The van der Waals surface area contributed by atoms with Gasteiger partial charge in [0.05, 0.1) is 0 Å². The highest BCUT2D eigenvalue weighted by Crippen LogP contribution is 2.08. The molecule has 0 saturated heterocycles. The van der Waals surface area contributed by atoms with Gasteiger partial charge in [0.2, 0.25) is 0 Å². The molecule has 4 nitrogen and oxygen atoms in total. The fourth-order valence-corrected chi connectivity index (χ4v) is 1.39. The molecule has 0 amide bonds. The Hall–Kier alpha value is -0.840. The van der Waals surface area contributed by atoms with Crippen molar-refractivity contribution in [1.29, 1.82) is 0 Å². The van der Waals surface area contributed by atoms with E-state index < -0.39 is 24.1 Å². The maximum Gasteiger partial charge on any atom is 0.328 e. The molecule has 1 rings (SSSR count). The summed E-state index contributed by atoms with van der Waals surface area (Å²) in [6.45, 7) is 0.796. The van der Waals surface area contributed by atoms with Crippen LogP contribution in [0.2, 0.25) is 0 Å². The Labute approximate surface area is 94.3 Å². The normalized spacial score (nSPS) is 16.9. The van der Waals surface area contributed by atoms with Gasteiger partial charge in [-0.2, -0.15) is 0 Å². The van der Waals surface area contributed by atoms with Crippen molar-refractivity contribution in [3.05, 3.63) is 31.0 Å². The molecular weight excluding hydrogens is 248 g/mol. The van der Waals surface area contributed by atoms with Gasteiger partial charge in [0.15, 0.2) is 0 Å². The molecule has 0 aliphatic carbocycles. The molecule has 0 radical (unpaired) electrons. The zero-order valence-corrected chi connectivity index (χ0v) is 9.51. The number of hydrogen-bond acceptors (Lipinski definition) is 2. The van der Waals surface area contributed by atoms with Crippen molar-refractivity contribution in [2.75, 3.05) is 0 Å². The summed E-state index contributed by atoms with van der Waals surface area (Å²) in [7, 11) is 0. The SMILES string of the molecule is [2H]C([2H])([2H])C(CC)n1c(=O)[nH]c(C)c(Br)c1=O. The fraction of sp³-hybridized carbons (Fsp3) is 0.556. The lowest BCUT2D eigenvalue weighted by Crippen LogP contribution is -2.38. The number of aromatic nitrogens is 2. The first-order valence-corrected chi connectivity index (χ1v) is 5.00. The number of halogens is 1. The predicted octanol–water partition coefficient (Wildman–Crippen LogP) is 1.58. The molecule has 0 aliphatic heterocycles. The topological polar surface area (TPSA) is 54.9 Å². The predicted molar refractivity (Wildman–Crippen MR) is 58.8 cm³/mol. The van der Waals surface area contributed by atoms with Crippen molar-refractivity contribution >= 4 is 15.9 Å². The van der Waals surface area contributed by atoms with E-state index in [1.807, 2.05) is 0 Å². The first kappa shape index (κ1) is 7.45. The third-order valence-corrected chi connectivity index (χ3v) is 2.88. The van der Waals surface area contributed by atoms with E-state index in [0.29, 0.717) is 5.69 Å². The van der Waals surface area contributed by atoms with E-state index in [9.17, 15) is 9.59 Å². The molecule has 78 valence electrons. The maximum absolute atomic E-state index is 11.9. The highest BCUT2D eigenvalue weighted by molar-refractivity contribution is 9.10. The average Bonchev–Trinajstić information content (AvgIpc) is 2.19. The molecule has 1 aromatic rings. The van der Waals surface area contributed by atoms with Gasteiger partial charge in [-0.3, -0.25) is 9.36 Å². The van der Waals surface area contributed by atoms with Crippen molar-refractivity contribution in [3.8, 4) is 0 Å². The summed E-state index contributed by atoms with van der Waals surface area (Å²) in [5.74, 6) is 0. The van der Waals surface area contributed by atoms with Crippen LogP contribution in [-0.4, -0.2) is 9.55 Å². The Bertz CT molecular complexity index is 533. The molecule has 0 aromatic carbocycles. The molecule has 1 unspecified atom stereocenters. The first-order valence-electron chi connectivity index (χ1n) is 5.71. The largest absolute Gasteiger partial charge is 0.328 e. The minimum atomic E-state index is -2.39. The number of hydrogen-bond donors (Lipinski definition) is 1. The van der Waals surface area contributed by atoms with E-state index in [1.54, 1.807) is 13.8 Å². The maximum atomic E-state index is 11.9. The Kier molecular flexibility index (Phi) is 2.20. The molecular formula is C9H13BrN2O2. The smallest absolute Gasteiger partial charge is 0.310 e. The first-order chi connectivity index (χ1) is 7.70. The van der Waals surface area contributed by atoms with E-state index in [-0.39, 0.29) is 10.9 Å². The van der Waals surface area contributed by atoms with Crippen LogP contribution in [0.1, 0.15) is 36.0 Å². The van der Waals surface area contributed by atoms with Crippen LogP contribution in [0.25, 0.3) is 0 Å². The van der Waals surface area contributed by atoms with Crippen molar-refractivity contribution in [2.45, 2.75) is 33.2 Å². The zero-order chi connectivity index (χ0) is 13.4. The second kappa shape index (κ2) is 4.13. The van der Waals surface area contributed by atoms with Crippen molar-refractivity contribution in [1.82, 2.24) is 9.55 Å². The number of nitrogens with zero attached hydrogens (tertiary/aromatic N) is 1. The molecule has 1 aromatic heterocycles. The monoisotopic (exact) mass is 263 g/mol. The van der Waals surface area contributed by atoms with Crippen molar-refractivity contribution in [3.63, 3.8) is 0 Å². The van der Waals surface area contributed by atoms with Crippen LogP contribution in [0, 0.1) is 6.92 Å². The Morgan fingerprint density at radius 3 is 2.79 bits per heavy atom. The molecule has 0 spiro atoms. The van der Waals surface area contributed by atoms with Crippen molar-refractivity contribution in [2.24, 2.45) is 0 Å². The Morgan fingerprint density at radius 2 is 2.29 bits per heavy atom. The summed E-state index contributed by atoms with van der Waals surface area (Å²) < 4.78 is 23.0. The van der Waals surface area contributed by atoms with Gasteiger partial charge in [-0.15, -0.1) is 0 Å². The van der Waals surface area contributed by atoms with Gasteiger partial charge in [0.25, 0.3) is 5.56 Å². The van der Waals surface area contributed by atoms with Gasteiger partial charge in [0, 0.05) is 15.8 Å². The van der Waals surface area contributed by atoms with E-state index in [0.717, 1.165) is 4.57 Å². The molecule has 5 heteroatoms. The standard InChI is InChI=1S/C9H13BrN2O2/c1-4-5(2)12-8(13)7(10)6(3)11-9(12)14/h5H,4H2,1-3H3,(H,11,14)/i2D3. The third kappa shape index (κ3) is 1.82. The quantitative estimate of drug-likeness (QED) is 0.881. The Morgan fingerprint density at radius 1 is 1.64 bits per heavy atom. The van der Waals surface area contributed by atoms with Gasteiger partial charge in [0.1, 0.15) is 4.47 Å². The molecule has 14 heavy (non-hydrogen) atoms. The van der Waals surface area contributed by atoms with Crippen LogP contribution < -0.4 is 11.2 Å². The number of rotatable bonds is 2. The summed E-state index contributed by atoms with van der Waals surface area (Å²) in [6.07, 6.45) is 0.176. The van der Waals surface area contributed by atoms with E-state index in [1.165, 1.54) is 0 Å². The summed E-state index contributed by atoms with van der Waals surface area (Å²) in [4.78, 5) is 26.0. The number of nitrogens with one attached hydrogen (secondary N) is 1. The summed E-state index contributed by atoms with van der Waals surface area (Å²) in [5, 5.41) is 0. The molecule has 0 bridgehead atoms. The number of aryl methyl sites for hydroxylation is 1. The lowest BCUT2D eigenvalue weighted by atomic mass is 10.2. The second-order valence-electron chi connectivity index (χ2n) is 2.97. The molecule has 1 N–H and O–H groups in total. The summed E-state index contributed by atoms with van der Waals surface area (Å²) in [5.41, 5.74) is -0.926. The molecule has 0 saturated carbocycles. The molecule has 0 aliphatic rings. The van der Waals surface area contributed by atoms with Crippen LogP contribution >= 0.6 is 15.9 Å². The highest BCUT2D eigenvalue weighted by Gasteiger charge is 2.12. The summed E-state index contributed by atoms with van der Waals surface area (Å²) in [6, 6.07) is -1.12. The van der Waals surface area contributed by atoms with E-state index >= 15 is 0 Å². The van der Waals surface area contributed by atoms with Crippen LogP contribution in [0.5, 0.6) is 0 Å². The second-order valence-corrected chi connectivity index (χ2v) is 3.76. The lowest BCUT2D eigenvalue weighted by Gasteiger charge is -2.12. The number of aromatic amines is 1. The van der Waals surface area contributed by atoms with Gasteiger partial charge < -0.3 is 4.98 Å². The highest BCUT2D eigenvalue weighted by atomic mass is 79.9. The van der Waals surface area contributed by atoms with Crippen LogP contribution in [-0.2, 0) is 0 Å². The minimum Gasteiger partial charge on any atom is -0.310 e. The molecule has 1 atom stereocenters. The van der Waals surface area contributed by atoms with E-state index in [4.69, 9.17) is 4.11 Å². The summed E-state index contributed by atoms with van der Waals surface area (Å²) >= 11 is 3.04. The minimum absolute atomic E-state index is 0.176. The lowest BCUT2D eigenvalue weighted by molar-refractivity contribution is 0.486. The fourth-order valence-electron chi connectivity index (χ4n) is 1.10. The Balaban J connectivity index is 3.57. The van der Waals surface area contributed by atoms with Gasteiger partial charge in [-0.05, 0) is 36.1 Å².